The number of alkyl halides is 3. The van der Waals surface area contributed by atoms with Crippen LogP contribution in [0.2, 0.25) is 0 Å². The number of fused-ring (bicyclic) bond motifs is 1. The van der Waals surface area contributed by atoms with E-state index >= 15 is 0 Å². The molecule has 0 aliphatic heterocycles. The van der Waals surface area contributed by atoms with Crippen molar-refractivity contribution in [2.45, 2.75) is 38.4 Å². The number of carboxylic acid groups (broad SMARTS) is 1. The third kappa shape index (κ3) is 7.02. The number of aromatic carboxylic acids is 1. The fraction of sp³-hybridized carbons (Fsp3) is 0.222. The Morgan fingerprint density at radius 1 is 0.972 bits per heavy atom. The highest BCUT2D eigenvalue weighted by atomic mass is 19.4. The summed E-state index contributed by atoms with van der Waals surface area (Å²) in [6.45, 7) is 0.589. The van der Waals surface area contributed by atoms with Crippen molar-refractivity contribution in [1.82, 2.24) is 4.57 Å². The maximum atomic E-state index is 12.4. The smallest absolute Gasteiger partial charge is 0.487 e. The van der Waals surface area contributed by atoms with E-state index in [0.29, 0.717) is 18.3 Å². The first-order chi connectivity index (χ1) is 17.2. The van der Waals surface area contributed by atoms with Crippen LogP contribution in [0.3, 0.4) is 0 Å². The van der Waals surface area contributed by atoms with Gasteiger partial charge in [-0.25, -0.2) is 4.79 Å². The van der Waals surface area contributed by atoms with E-state index in [1.165, 1.54) is 31.0 Å². The summed E-state index contributed by atoms with van der Waals surface area (Å²) in [5.41, 5.74) is 7.72. The Bertz CT molecular complexity index is 1310. The molecule has 5 rings (SSSR count). The Hall–Kier alpha value is -3.98. The van der Waals surface area contributed by atoms with Crippen molar-refractivity contribution in [2.24, 2.45) is 5.73 Å². The zero-order chi connectivity index (χ0) is 25.7. The fourth-order valence-electron chi connectivity index (χ4n) is 3.52. The second kappa shape index (κ2) is 10.7. The molecule has 188 valence electrons. The lowest BCUT2D eigenvalue weighted by molar-refractivity contribution is -0.274. The van der Waals surface area contributed by atoms with Crippen LogP contribution >= 0.6 is 0 Å². The van der Waals surface area contributed by atoms with Crippen LogP contribution in [0.1, 0.15) is 34.5 Å². The lowest BCUT2D eigenvalue weighted by Crippen LogP contribution is -2.17. The summed E-state index contributed by atoms with van der Waals surface area (Å²) < 4.78 is 49.0. The van der Waals surface area contributed by atoms with Crippen molar-refractivity contribution in [3.05, 3.63) is 95.7 Å². The van der Waals surface area contributed by atoms with Gasteiger partial charge in [0, 0.05) is 23.5 Å². The Morgan fingerprint density at radius 2 is 1.64 bits per heavy atom. The van der Waals surface area contributed by atoms with E-state index in [1.54, 1.807) is 24.3 Å². The number of halogens is 3. The standard InChI is InChI=1S/C24H18F3NO4.C3H7N/c25-24(26,27)32-21-9-6-16(7-10-21)14-28-19(15-31-20-4-2-1-3-5-20)13-18-12-17(23(29)30)8-11-22(18)28;4-3-1-2-3/h1-13H,14-15H2,(H,29,30);3H,1-2,4H2. The Kier molecular flexibility index (Phi) is 7.49. The second-order valence-electron chi connectivity index (χ2n) is 8.43. The van der Waals surface area contributed by atoms with Crippen molar-refractivity contribution >= 4 is 16.9 Å². The highest BCUT2D eigenvalue weighted by Crippen LogP contribution is 2.26. The predicted molar refractivity (Wildman–Crippen MR) is 129 cm³/mol. The fourth-order valence-corrected chi connectivity index (χ4v) is 3.52. The number of hydrogen-bond acceptors (Lipinski definition) is 4. The van der Waals surface area contributed by atoms with Crippen LogP contribution < -0.4 is 15.2 Å². The van der Waals surface area contributed by atoms with Crippen molar-refractivity contribution in [3.8, 4) is 11.5 Å². The Balaban J connectivity index is 0.000000692. The topological polar surface area (TPSA) is 86.7 Å². The first-order valence-electron chi connectivity index (χ1n) is 11.3. The second-order valence-corrected chi connectivity index (χ2v) is 8.43. The molecule has 36 heavy (non-hydrogen) atoms. The number of carboxylic acids is 1. The molecule has 6 nitrogen and oxygen atoms in total. The molecule has 1 heterocycles. The number of ether oxygens (including phenoxy) is 2. The molecule has 0 spiro atoms. The molecule has 9 heteroatoms. The molecule has 3 N–H and O–H groups in total. The van der Waals surface area contributed by atoms with Crippen LogP contribution in [-0.2, 0) is 13.2 Å². The van der Waals surface area contributed by atoms with Gasteiger partial charge < -0.3 is 24.9 Å². The quantitative estimate of drug-likeness (QED) is 0.328. The van der Waals surface area contributed by atoms with Crippen molar-refractivity contribution in [3.63, 3.8) is 0 Å². The minimum absolute atomic E-state index is 0.166. The van der Waals surface area contributed by atoms with Gasteiger partial charge >= 0.3 is 12.3 Å². The molecule has 0 unspecified atom stereocenters. The molecule has 1 aromatic heterocycles. The minimum atomic E-state index is -4.75. The third-order valence-electron chi connectivity index (χ3n) is 5.48. The lowest BCUT2D eigenvalue weighted by Gasteiger charge is -2.13. The summed E-state index contributed by atoms with van der Waals surface area (Å²) in [5.74, 6) is -0.636. The van der Waals surface area contributed by atoms with E-state index < -0.39 is 12.3 Å². The molecule has 0 bridgehead atoms. The molecule has 0 radical (unpaired) electrons. The summed E-state index contributed by atoms with van der Waals surface area (Å²) in [6, 6.07) is 22.1. The monoisotopic (exact) mass is 498 g/mol. The molecule has 1 aliphatic rings. The number of nitrogens with two attached hydrogens (primary N) is 1. The van der Waals surface area contributed by atoms with Crippen molar-refractivity contribution in [2.75, 3.05) is 0 Å². The lowest BCUT2D eigenvalue weighted by atomic mass is 10.1. The van der Waals surface area contributed by atoms with E-state index in [1.807, 2.05) is 41.0 Å². The van der Waals surface area contributed by atoms with E-state index in [0.717, 1.165) is 22.2 Å². The van der Waals surface area contributed by atoms with Gasteiger partial charge in [-0.05, 0) is 66.9 Å². The first kappa shape index (κ1) is 25.1. The summed E-state index contributed by atoms with van der Waals surface area (Å²) in [6.07, 6.45) is -2.22. The predicted octanol–water partition coefficient (Wildman–Crippen LogP) is 5.97. The van der Waals surface area contributed by atoms with Gasteiger partial charge in [-0.3, -0.25) is 0 Å². The highest BCUT2D eigenvalue weighted by Gasteiger charge is 2.31. The molecule has 0 saturated heterocycles. The molecule has 0 amide bonds. The molecule has 0 atom stereocenters. The number of para-hydroxylation sites is 1. The molecule has 1 fully saturated rings. The van der Waals surface area contributed by atoms with Gasteiger partial charge in [-0.15, -0.1) is 13.2 Å². The van der Waals surface area contributed by atoms with Gasteiger partial charge in [0.1, 0.15) is 18.1 Å². The van der Waals surface area contributed by atoms with Gasteiger partial charge in [0.15, 0.2) is 0 Å². The first-order valence-corrected chi connectivity index (χ1v) is 11.3. The van der Waals surface area contributed by atoms with Gasteiger partial charge in [-0.2, -0.15) is 0 Å². The number of rotatable bonds is 7. The average molecular weight is 499 g/mol. The summed E-state index contributed by atoms with van der Waals surface area (Å²) >= 11 is 0. The number of benzene rings is 3. The number of hydrogen-bond donors (Lipinski definition) is 2. The normalized spacial score (nSPS) is 13.1. The molecular formula is C27H25F3N2O4. The zero-order valence-electron chi connectivity index (χ0n) is 19.2. The molecule has 4 aromatic rings. The van der Waals surface area contributed by atoms with E-state index in [4.69, 9.17) is 10.5 Å². The van der Waals surface area contributed by atoms with Crippen molar-refractivity contribution in [1.29, 1.82) is 0 Å². The van der Waals surface area contributed by atoms with E-state index in [9.17, 15) is 23.1 Å². The SMILES string of the molecule is NC1CC1.O=C(O)c1ccc2c(c1)cc(COc1ccccc1)n2Cc1ccc(OC(F)(F)F)cc1. The number of aromatic nitrogens is 1. The summed E-state index contributed by atoms with van der Waals surface area (Å²) in [4.78, 5) is 11.3. The van der Waals surface area contributed by atoms with Gasteiger partial charge in [0.2, 0.25) is 0 Å². The molecule has 1 saturated carbocycles. The van der Waals surface area contributed by atoms with Gasteiger partial charge in [0.05, 0.1) is 11.3 Å². The zero-order valence-corrected chi connectivity index (χ0v) is 19.2. The minimum Gasteiger partial charge on any atom is -0.487 e. The molecule has 3 aromatic carbocycles. The van der Waals surface area contributed by atoms with Gasteiger partial charge in [0.25, 0.3) is 0 Å². The molecular weight excluding hydrogens is 473 g/mol. The Labute approximate surface area is 205 Å². The Morgan fingerprint density at radius 3 is 2.22 bits per heavy atom. The molecule has 1 aliphatic carbocycles. The van der Waals surface area contributed by atoms with Crippen LogP contribution in [0.15, 0.2) is 78.9 Å². The largest absolute Gasteiger partial charge is 0.573 e. The average Bonchev–Trinajstić information content (AvgIpc) is 3.55. The van der Waals surface area contributed by atoms with E-state index in [-0.39, 0.29) is 17.9 Å². The number of nitrogens with zero attached hydrogens (tertiary/aromatic N) is 1. The van der Waals surface area contributed by atoms with Crippen LogP contribution in [0.4, 0.5) is 13.2 Å². The highest BCUT2D eigenvalue weighted by molar-refractivity contribution is 5.94. The van der Waals surface area contributed by atoms with Crippen LogP contribution in [-0.4, -0.2) is 28.0 Å². The number of carbonyl (C=O) groups is 1. The summed E-state index contributed by atoms with van der Waals surface area (Å²) in [7, 11) is 0. The maximum absolute atomic E-state index is 12.4. The van der Waals surface area contributed by atoms with Crippen LogP contribution in [0, 0.1) is 0 Å². The summed E-state index contributed by atoms with van der Waals surface area (Å²) in [5, 5.41) is 10.0. The van der Waals surface area contributed by atoms with Crippen LogP contribution in [0.25, 0.3) is 10.9 Å². The van der Waals surface area contributed by atoms with Crippen molar-refractivity contribution < 1.29 is 32.5 Å². The van der Waals surface area contributed by atoms with Gasteiger partial charge in [-0.1, -0.05) is 30.3 Å². The van der Waals surface area contributed by atoms with E-state index in [2.05, 4.69) is 4.74 Å². The van der Waals surface area contributed by atoms with Crippen LogP contribution in [0.5, 0.6) is 11.5 Å². The maximum Gasteiger partial charge on any atom is 0.573 e. The third-order valence-corrected chi connectivity index (χ3v) is 5.48.